The first-order chi connectivity index (χ1) is 8.89. The first kappa shape index (κ1) is 16.3. The van der Waals surface area contributed by atoms with Crippen LogP contribution in [0.25, 0.3) is 0 Å². The van der Waals surface area contributed by atoms with Crippen molar-refractivity contribution in [3.05, 3.63) is 28.8 Å². The molecule has 0 radical (unpaired) electrons. The van der Waals surface area contributed by atoms with Crippen LogP contribution in [0.4, 0.5) is 0 Å². The lowest BCUT2D eigenvalue weighted by atomic mass is 9.89. The van der Waals surface area contributed by atoms with Crippen LogP contribution in [-0.4, -0.2) is 30.4 Å². The Kier molecular flexibility index (Phi) is 6.17. The molecular formula is C14H20ClNO2S. The second-order valence-electron chi connectivity index (χ2n) is 5.17. The van der Waals surface area contributed by atoms with Crippen molar-refractivity contribution in [1.82, 2.24) is 5.32 Å². The van der Waals surface area contributed by atoms with Crippen LogP contribution < -0.4 is 5.32 Å². The molecule has 0 unspecified atom stereocenters. The Morgan fingerprint density at radius 2 is 2.16 bits per heavy atom. The third kappa shape index (κ3) is 5.05. The zero-order chi connectivity index (χ0) is 14.5. The summed E-state index contributed by atoms with van der Waals surface area (Å²) in [6.07, 6.45) is 2.60. The van der Waals surface area contributed by atoms with Gasteiger partial charge in [-0.25, -0.2) is 0 Å². The zero-order valence-corrected chi connectivity index (χ0v) is 13.1. The first-order valence-corrected chi connectivity index (χ1v) is 7.72. The Hall–Kier alpha value is -0.710. The molecule has 1 aromatic carbocycles. The summed E-state index contributed by atoms with van der Waals surface area (Å²) in [7, 11) is 0. The quantitative estimate of drug-likeness (QED) is 0.793. The van der Waals surface area contributed by atoms with E-state index in [9.17, 15) is 4.79 Å². The van der Waals surface area contributed by atoms with Crippen LogP contribution in [0.15, 0.2) is 23.1 Å². The van der Waals surface area contributed by atoms with E-state index in [-0.39, 0.29) is 17.9 Å². The Bertz CT molecular complexity index is 449. The number of hydrogen-bond acceptors (Lipinski definition) is 3. The largest absolute Gasteiger partial charge is 0.396 e. The summed E-state index contributed by atoms with van der Waals surface area (Å²) in [6.45, 7) is 4.63. The monoisotopic (exact) mass is 301 g/mol. The van der Waals surface area contributed by atoms with Crippen LogP contribution in [-0.2, 0) is 0 Å². The topological polar surface area (TPSA) is 49.3 Å². The highest BCUT2D eigenvalue weighted by Crippen LogP contribution is 2.23. The van der Waals surface area contributed by atoms with Gasteiger partial charge in [-0.1, -0.05) is 25.4 Å². The number of halogens is 1. The SMILES string of the molecule is CSc1ccc(Cl)c(C(=O)NCC(C)(C)CCO)c1. The van der Waals surface area contributed by atoms with Gasteiger partial charge in [-0.15, -0.1) is 11.8 Å². The predicted molar refractivity (Wildman–Crippen MR) is 81.1 cm³/mol. The highest BCUT2D eigenvalue weighted by Gasteiger charge is 2.19. The number of thioether (sulfide) groups is 1. The van der Waals surface area contributed by atoms with Crippen molar-refractivity contribution in [2.24, 2.45) is 5.41 Å². The summed E-state index contributed by atoms with van der Waals surface area (Å²) in [4.78, 5) is 13.1. The number of aliphatic hydroxyl groups excluding tert-OH is 1. The van der Waals surface area contributed by atoms with Gasteiger partial charge in [0.25, 0.3) is 5.91 Å². The number of carbonyl (C=O) groups is 1. The van der Waals surface area contributed by atoms with Gasteiger partial charge >= 0.3 is 0 Å². The molecule has 3 nitrogen and oxygen atoms in total. The molecule has 0 saturated heterocycles. The molecule has 0 saturated carbocycles. The standard InChI is InChI=1S/C14H20ClNO2S/c1-14(2,6-7-17)9-16-13(18)11-8-10(19-3)4-5-12(11)15/h4-5,8,17H,6-7,9H2,1-3H3,(H,16,18). The minimum atomic E-state index is -0.174. The lowest BCUT2D eigenvalue weighted by Gasteiger charge is -2.24. The van der Waals surface area contributed by atoms with E-state index < -0.39 is 0 Å². The molecule has 0 aromatic heterocycles. The maximum atomic E-state index is 12.1. The normalized spacial score (nSPS) is 11.4. The maximum Gasteiger partial charge on any atom is 0.252 e. The van der Waals surface area contributed by atoms with E-state index in [1.54, 1.807) is 23.9 Å². The molecule has 0 bridgehead atoms. The Labute approximate surface area is 123 Å². The third-order valence-corrected chi connectivity index (χ3v) is 3.99. The van der Waals surface area contributed by atoms with Crippen LogP contribution in [0.2, 0.25) is 5.02 Å². The molecule has 1 aromatic rings. The predicted octanol–water partition coefficient (Wildman–Crippen LogP) is 3.20. The van der Waals surface area contributed by atoms with Crippen LogP contribution in [0.3, 0.4) is 0 Å². The van der Waals surface area contributed by atoms with Gasteiger partial charge in [0.15, 0.2) is 0 Å². The van der Waals surface area contributed by atoms with Crippen molar-refractivity contribution in [3.63, 3.8) is 0 Å². The molecular weight excluding hydrogens is 282 g/mol. The van der Waals surface area contributed by atoms with Crippen LogP contribution in [0.1, 0.15) is 30.6 Å². The van der Waals surface area contributed by atoms with E-state index >= 15 is 0 Å². The summed E-state index contributed by atoms with van der Waals surface area (Å²) in [5.74, 6) is -0.174. The fraction of sp³-hybridized carbons (Fsp3) is 0.500. The molecule has 19 heavy (non-hydrogen) atoms. The first-order valence-electron chi connectivity index (χ1n) is 6.12. The molecule has 0 aliphatic heterocycles. The maximum absolute atomic E-state index is 12.1. The molecule has 106 valence electrons. The van der Waals surface area contributed by atoms with Gasteiger partial charge in [-0.3, -0.25) is 4.79 Å². The van der Waals surface area contributed by atoms with Gasteiger partial charge in [0, 0.05) is 18.0 Å². The van der Waals surface area contributed by atoms with E-state index in [4.69, 9.17) is 16.7 Å². The highest BCUT2D eigenvalue weighted by molar-refractivity contribution is 7.98. The van der Waals surface area contributed by atoms with E-state index in [1.807, 2.05) is 26.2 Å². The second kappa shape index (κ2) is 7.17. The van der Waals surface area contributed by atoms with Crippen molar-refractivity contribution in [3.8, 4) is 0 Å². The van der Waals surface area contributed by atoms with E-state index in [2.05, 4.69) is 5.32 Å². The smallest absolute Gasteiger partial charge is 0.252 e. The Balaban J connectivity index is 2.73. The number of benzene rings is 1. The number of aliphatic hydroxyl groups is 1. The number of carbonyl (C=O) groups excluding carboxylic acids is 1. The fourth-order valence-electron chi connectivity index (χ4n) is 1.61. The van der Waals surface area contributed by atoms with E-state index in [0.717, 1.165) is 4.90 Å². The van der Waals surface area contributed by atoms with Gasteiger partial charge < -0.3 is 10.4 Å². The average Bonchev–Trinajstić information content (AvgIpc) is 2.36. The minimum absolute atomic E-state index is 0.117. The molecule has 0 fully saturated rings. The van der Waals surface area contributed by atoms with Crippen molar-refractivity contribution in [2.45, 2.75) is 25.2 Å². The lowest BCUT2D eigenvalue weighted by molar-refractivity contribution is 0.0928. The van der Waals surface area contributed by atoms with Gasteiger partial charge in [-0.2, -0.15) is 0 Å². The molecule has 1 rings (SSSR count). The summed E-state index contributed by atoms with van der Waals surface area (Å²) in [6, 6.07) is 5.42. The van der Waals surface area contributed by atoms with E-state index in [1.165, 1.54) is 0 Å². The fourth-order valence-corrected chi connectivity index (χ4v) is 2.25. The zero-order valence-electron chi connectivity index (χ0n) is 11.5. The Morgan fingerprint density at radius 1 is 1.47 bits per heavy atom. The molecule has 0 heterocycles. The molecule has 0 atom stereocenters. The number of nitrogens with one attached hydrogen (secondary N) is 1. The van der Waals surface area contributed by atoms with Gasteiger partial charge in [0.2, 0.25) is 0 Å². The molecule has 0 aliphatic carbocycles. The van der Waals surface area contributed by atoms with E-state index in [0.29, 0.717) is 23.6 Å². The van der Waals surface area contributed by atoms with Gasteiger partial charge in [-0.05, 0) is 36.3 Å². The number of rotatable bonds is 6. The highest BCUT2D eigenvalue weighted by atomic mass is 35.5. The van der Waals surface area contributed by atoms with Gasteiger partial charge in [0.1, 0.15) is 0 Å². The minimum Gasteiger partial charge on any atom is -0.396 e. The Morgan fingerprint density at radius 3 is 2.74 bits per heavy atom. The third-order valence-electron chi connectivity index (χ3n) is 2.93. The van der Waals surface area contributed by atoms with Crippen LogP contribution in [0, 0.1) is 5.41 Å². The molecule has 0 aliphatic rings. The van der Waals surface area contributed by atoms with Gasteiger partial charge in [0.05, 0.1) is 10.6 Å². The summed E-state index contributed by atoms with van der Waals surface area (Å²) < 4.78 is 0. The van der Waals surface area contributed by atoms with Crippen molar-refractivity contribution in [2.75, 3.05) is 19.4 Å². The summed E-state index contributed by atoms with van der Waals surface area (Å²) >= 11 is 7.62. The van der Waals surface area contributed by atoms with Crippen molar-refractivity contribution >= 4 is 29.3 Å². The van der Waals surface area contributed by atoms with Crippen LogP contribution >= 0.6 is 23.4 Å². The van der Waals surface area contributed by atoms with Crippen molar-refractivity contribution in [1.29, 1.82) is 0 Å². The molecule has 5 heteroatoms. The average molecular weight is 302 g/mol. The summed E-state index contributed by atoms with van der Waals surface area (Å²) in [5, 5.41) is 12.3. The molecule has 2 N–H and O–H groups in total. The number of amides is 1. The van der Waals surface area contributed by atoms with Crippen LogP contribution in [0.5, 0.6) is 0 Å². The van der Waals surface area contributed by atoms with Crippen molar-refractivity contribution < 1.29 is 9.90 Å². The molecule has 1 amide bonds. The summed E-state index contributed by atoms with van der Waals surface area (Å²) in [5.41, 5.74) is 0.363. The number of hydrogen-bond donors (Lipinski definition) is 2. The second-order valence-corrected chi connectivity index (χ2v) is 6.45. The molecule has 0 spiro atoms. The lowest BCUT2D eigenvalue weighted by Crippen LogP contribution is -2.34.